The van der Waals surface area contributed by atoms with Crippen LogP contribution in [-0.2, 0) is 24.4 Å². The highest BCUT2D eigenvalue weighted by molar-refractivity contribution is 5.68. The number of fused-ring (bicyclic) bond motifs is 3. The summed E-state index contributed by atoms with van der Waals surface area (Å²) >= 11 is 0. The number of carbonyl (C=O) groups is 1. The number of aromatic nitrogens is 2. The molecule has 0 aliphatic carbocycles. The first-order valence-corrected chi connectivity index (χ1v) is 9.79. The van der Waals surface area contributed by atoms with Crippen molar-refractivity contribution < 1.29 is 9.53 Å². The molecule has 5 rings (SSSR count). The molecule has 0 radical (unpaired) electrons. The van der Waals surface area contributed by atoms with E-state index in [0.717, 1.165) is 43.9 Å². The zero-order chi connectivity index (χ0) is 18.2. The van der Waals surface area contributed by atoms with Gasteiger partial charge in [0.1, 0.15) is 6.61 Å². The number of hydrogen-bond donors (Lipinski definition) is 1. The van der Waals surface area contributed by atoms with E-state index in [2.05, 4.69) is 21.0 Å². The maximum atomic E-state index is 12.5. The molecular formula is C20H25N5O2. The van der Waals surface area contributed by atoms with Crippen LogP contribution in [0.1, 0.15) is 24.1 Å². The molecule has 7 nitrogen and oxygen atoms in total. The molecule has 1 amide bonds. The quantitative estimate of drug-likeness (QED) is 0.899. The smallest absolute Gasteiger partial charge is 0.410 e. The number of likely N-dealkylation sites (tertiary alicyclic amines) is 1. The van der Waals surface area contributed by atoms with Gasteiger partial charge in [0, 0.05) is 44.3 Å². The molecule has 2 atom stereocenters. The third kappa shape index (κ3) is 3.16. The molecule has 1 aromatic heterocycles. The van der Waals surface area contributed by atoms with E-state index in [1.165, 1.54) is 5.69 Å². The molecular weight excluding hydrogens is 342 g/mol. The van der Waals surface area contributed by atoms with Crippen LogP contribution in [0.3, 0.4) is 0 Å². The number of nitrogens with one attached hydrogen (secondary N) is 1. The fourth-order valence-electron chi connectivity index (χ4n) is 4.54. The van der Waals surface area contributed by atoms with Gasteiger partial charge in [-0.05, 0) is 18.4 Å². The van der Waals surface area contributed by atoms with Crippen LogP contribution >= 0.6 is 0 Å². The van der Waals surface area contributed by atoms with Crippen molar-refractivity contribution in [1.29, 1.82) is 0 Å². The molecule has 4 heterocycles. The van der Waals surface area contributed by atoms with Crippen LogP contribution in [0.5, 0.6) is 0 Å². The van der Waals surface area contributed by atoms with Gasteiger partial charge in [0.25, 0.3) is 0 Å². The molecule has 2 saturated heterocycles. The Morgan fingerprint density at radius 1 is 1.19 bits per heavy atom. The Hall–Kier alpha value is -2.54. The Kier molecular flexibility index (Phi) is 4.24. The van der Waals surface area contributed by atoms with Crippen molar-refractivity contribution in [2.45, 2.75) is 44.6 Å². The number of carbonyl (C=O) groups excluding carboxylic acids is 1. The first-order chi connectivity index (χ1) is 13.3. The lowest BCUT2D eigenvalue weighted by Gasteiger charge is -2.40. The van der Waals surface area contributed by atoms with Gasteiger partial charge in [-0.2, -0.15) is 5.10 Å². The van der Waals surface area contributed by atoms with Crippen LogP contribution < -0.4 is 10.2 Å². The summed E-state index contributed by atoms with van der Waals surface area (Å²) in [6.07, 6.45) is 2.00. The Morgan fingerprint density at radius 3 is 2.70 bits per heavy atom. The number of anilines is 1. The largest absolute Gasteiger partial charge is 0.445 e. The van der Waals surface area contributed by atoms with Crippen molar-refractivity contribution in [3.8, 4) is 0 Å². The SMILES string of the molecule is O=C(OCc1ccccc1)N1CC2CCC(C1)N2c1cc2n(n1)CCNC2. The fraction of sp³-hybridized carbons (Fsp3) is 0.500. The molecule has 1 aromatic carbocycles. The summed E-state index contributed by atoms with van der Waals surface area (Å²) in [5.41, 5.74) is 2.27. The monoisotopic (exact) mass is 367 g/mol. The molecule has 2 unspecified atom stereocenters. The Labute approximate surface area is 158 Å². The summed E-state index contributed by atoms with van der Waals surface area (Å²) in [5, 5.41) is 8.23. The Morgan fingerprint density at radius 2 is 1.96 bits per heavy atom. The minimum atomic E-state index is -0.205. The van der Waals surface area contributed by atoms with Crippen molar-refractivity contribution in [2.24, 2.45) is 0 Å². The average Bonchev–Trinajstić information content (AvgIpc) is 3.24. The Balaban J connectivity index is 1.24. The lowest BCUT2D eigenvalue weighted by Crippen LogP contribution is -2.55. The molecule has 27 heavy (non-hydrogen) atoms. The minimum absolute atomic E-state index is 0.205. The summed E-state index contributed by atoms with van der Waals surface area (Å²) in [4.78, 5) is 16.9. The first-order valence-electron chi connectivity index (χ1n) is 9.79. The summed E-state index contributed by atoms with van der Waals surface area (Å²) in [7, 11) is 0. The van der Waals surface area contributed by atoms with Crippen LogP contribution in [0, 0.1) is 0 Å². The van der Waals surface area contributed by atoms with Crippen molar-refractivity contribution in [3.05, 3.63) is 47.7 Å². The van der Waals surface area contributed by atoms with Gasteiger partial charge in [-0.1, -0.05) is 30.3 Å². The van der Waals surface area contributed by atoms with Crippen molar-refractivity contribution in [2.75, 3.05) is 24.5 Å². The summed E-state index contributed by atoms with van der Waals surface area (Å²) in [5.74, 6) is 1.07. The Bertz CT molecular complexity index is 784. The van der Waals surface area contributed by atoms with Crippen LogP contribution in [0.2, 0.25) is 0 Å². The molecule has 142 valence electrons. The van der Waals surface area contributed by atoms with Gasteiger partial charge in [-0.15, -0.1) is 0 Å². The molecule has 7 heteroatoms. The number of rotatable bonds is 3. The van der Waals surface area contributed by atoms with E-state index < -0.39 is 0 Å². The van der Waals surface area contributed by atoms with Gasteiger partial charge in [-0.3, -0.25) is 4.68 Å². The highest BCUT2D eigenvalue weighted by Gasteiger charge is 2.43. The van der Waals surface area contributed by atoms with Gasteiger partial charge in [0.05, 0.1) is 12.2 Å². The maximum absolute atomic E-state index is 12.5. The van der Waals surface area contributed by atoms with E-state index in [0.29, 0.717) is 31.8 Å². The number of piperazine rings is 1. The third-order valence-corrected chi connectivity index (χ3v) is 5.87. The second-order valence-electron chi connectivity index (χ2n) is 7.63. The molecule has 1 N–H and O–H groups in total. The van der Waals surface area contributed by atoms with E-state index in [9.17, 15) is 4.79 Å². The number of benzene rings is 1. The number of amides is 1. The zero-order valence-corrected chi connectivity index (χ0v) is 15.4. The van der Waals surface area contributed by atoms with E-state index in [1.807, 2.05) is 35.2 Å². The van der Waals surface area contributed by atoms with Gasteiger partial charge >= 0.3 is 6.09 Å². The minimum Gasteiger partial charge on any atom is -0.445 e. The molecule has 3 aliphatic heterocycles. The van der Waals surface area contributed by atoms with Gasteiger partial charge in [-0.25, -0.2) is 4.79 Å². The van der Waals surface area contributed by atoms with Crippen LogP contribution in [0.25, 0.3) is 0 Å². The average molecular weight is 367 g/mol. The second kappa shape index (κ2) is 6.88. The molecule has 0 spiro atoms. The maximum Gasteiger partial charge on any atom is 0.410 e. The summed E-state index contributed by atoms with van der Waals surface area (Å²) in [6, 6.07) is 12.7. The number of ether oxygens (including phenoxy) is 1. The van der Waals surface area contributed by atoms with Crippen LogP contribution in [0.15, 0.2) is 36.4 Å². The molecule has 2 fully saturated rings. The number of hydrogen-bond acceptors (Lipinski definition) is 5. The van der Waals surface area contributed by atoms with Crippen LogP contribution in [0.4, 0.5) is 10.6 Å². The lowest BCUT2D eigenvalue weighted by atomic mass is 10.2. The van der Waals surface area contributed by atoms with E-state index >= 15 is 0 Å². The fourth-order valence-corrected chi connectivity index (χ4v) is 4.54. The molecule has 2 bridgehead atoms. The summed E-state index contributed by atoms with van der Waals surface area (Å²) < 4.78 is 7.66. The predicted octanol–water partition coefficient (Wildman–Crippen LogP) is 1.98. The first kappa shape index (κ1) is 16.6. The lowest BCUT2D eigenvalue weighted by molar-refractivity contribution is 0.0880. The van der Waals surface area contributed by atoms with Crippen LogP contribution in [-0.4, -0.2) is 52.5 Å². The molecule has 0 saturated carbocycles. The number of nitrogens with zero attached hydrogens (tertiary/aromatic N) is 4. The highest BCUT2D eigenvalue weighted by atomic mass is 16.6. The van der Waals surface area contributed by atoms with E-state index in [4.69, 9.17) is 9.84 Å². The van der Waals surface area contributed by atoms with E-state index in [-0.39, 0.29) is 6.09 Å². The zero-order valence-electron chi connectivity index (χ0n) is 15.4. The third-order valence-electron chi connectivity index (χ3n) is 5.87. The van der Waals surface area contributed by atoms with Crippen molar-refractivity contribution >= 4 is 11.9 Å². The van der Waals surface area contributed by atoms with Crippen molar-refractivity contribution in [3.63, 3.8) is 0 Å². The predicted molar refractivity (Wildman–Crippen MR) is 101 cm³/mol. The van der Waals surface area contributed by atoms with Gasteiger partial charge < -0.3 is 19.9 Å². The normalized spacial score (nSPS) is 24.0. The standard InChI is InChI=1S/C20H25N5O2/c26-20(27-14-15-4-2-1-3-5-15)23-12-16-6-7-17(13-23)25(16)19-10-18-11-21-8-9-24(18)22-19/h1-5,10,16-17,21H,6-9,11-14H2. The van der Waals surface area contributed by atoms with Gasteiger partial charge in [0.15, 0.2) is 5.82 Å². The summed E-state index contributed by atoms with van der Waals surface area (Å²) in [6.45, 7) is 4.54. The second-order valence-corrected chi connectivity index (χ2v) is 7.63. The molecule has 3 aliphatic rings. The van der Waals surface area contributed by atoms with E-state index in [1.54, 1.807) is 0 Å². The van der Waals surface area contributed by atoms with Gasteiger partial charge in [0.2, 0.25) is 0 Å². The molecule has 2 aromatic rings. The topological polar surface area (TPSA) is 62.6 Å². The van der Waals surface area contributed by atoms with Crippen molar-refractivity contribution in [1.82, 2.24) is 20.0 Å². The highest BCUT2D eigenvalue weighted by Crippen LogP contribution is 2.35.